The molecule has 0 spiro atoms. The first kappa shape index (κ1) is 48.5. The molecule has 46 heavy (non-hydrogen) atoms. The summed E-state index contributed by atoms with van der Waals surface area (Å²) in [6, 6.07) is 6.96. The molecule has 0 unspecified atom stereocenters. The van der Waals surface area contributed by atoms with E-state index in [1.165, 1.54) is 18.0 Å². The van der Waals surface area contributed by atoms with Gasteiger partial charge in [0.2, 0.25) is 0 Å². The SMILES string of the molecule is CSc1cc(C)c(Br)cn1.C[S-].Cc1cc(Cl)ncc1Br.Cc1cc(S(C)(=O)=O)ncc1Br.Cc1cc(S(C)(=O)=O)ncc1Br.[Na+]. The first-order valence-corrected chi connectivity index (χ1v) is 21.6. The minimum Gasteiger partial charge on any atom is -0.796 e. The molecule has 0 N–H and O–H groups in total. The van der Waals surface area contributed by atoms with E-state index >= 15 is 0 Å². The summed E-state index contributed by atoms with van der Waals surface area (Å²) < 4.78 is 47.8. The van der Waals surface area contributed by atoms with Gasteiger partial charge in [-0.05, 0) is 144 Å². The first-order valence-electron chi connectivity index (χ1n) is 12.2. The molecule has 0 aliphatic heterocycles. The fourth-order valence-electron chi connectivity index (χ4n) is 2.56. The van der Waals surface area contributed by atoms with Crippen LogP contribution in [0.15, 0.2) is 82.0 Å². The Kier molecular flexibility index (Phi) is 25.1. The van der Waals surface area contributed by atoms with Crippen molar-refractivity contribution in [1.29, 1.82) is 0 Å². The molecule has 0 aromatic carbocycles. The summed E-state index contributed by atoms with van der Waals surface area (Å²) in [6.45, 7) is 7.67. The number of sulfone groups is 2. The molecule has 0 bridgehead atoms. The van der Waals surface area contributed by atoms with Crippen LogP contribution in [-0.4, -0.2) is 61.8 Å². The van der Waals surface area contributed by atoms with Crippen LogP contribution in [0.2, 0.25) is 5.15 Å². The van der Waals surface area contributed by atoms with E-state index in [1.54, 1.807) is 36.3 Å². The van der Waals surface area contributed by atoms with Crippen LogP contribution in [0, 0.1) is 27.7 Å². The smallest absolute Gasteiger partial charge is 0.796 e. The van der Waals surface area contributed by atoms with Crippen LogP contribution in [0.5, 0.6) is 0 Å². The van der Waals surface area contributed by atoms with Gasteiger partial charge in [-0.15, -0.1) is 11.8 Å². The van der Waals surface area contributed by atoms with E-state index in [0.29, 0.717) is 5.15 Å². The van der Waals surface area contributed by atoms with Crippen molar-refractivity contribution >= 4 is 119 Å². The summed E-state index contributed by atoms with van der Waals surface area (Å²) >= 11 is 24.5. The summed E-state index contributed by atoms with van der Waals surface area (Å²) in [7, 11) is -6.35. The van der Waals surface area contributed by atoms with Gasteiger partial charge in [-0.3, -0.25) is 0 Å². The zero-order valence-corrected chi connectivity index (χ0v) is 38.9. The number of nitrogens with zero attached hydrogens (tertiary/aromatic N) is 4. The zero-order valence-electron chi connectivity index (χ0n) is 26.6. The summed E-state index contributed by atoms with van der Waals surface area (Å²) in [4.78, 5) is 15.6. The van der Waals surface area contributed by atoms with E-state index in [0.717, 1.165) is 52.1 Å². The number of hydrogen-bond acceptors (Lipinski definition) is 10. The largest absolute Gasteiger partial charge is 1.00 e. The maximum Gasteiger partial charge on any atom is 1.00 e. The average molecular weight is 995 g/mol. The van der Waals surface area contributed by atoms with Gasteiger partial charge in [0.1, 0.15) is 5.15 Å². The number of aromatic nitrogens is 4. The van der Waals surface area contributed by atoms with Crippen LogP contribution >= 0.6 is 87.1 Å². The first-order chi connectivity index (χ1) is 20.8. The molecule has 0 aliphatic carbocycles. The monoisotopic (exact) mass is 990 g/mol. The van der Waals surface area contributed by atoms with Crippen molar-refractivity contribution in [3.8, 4) is 0 Å². The Morgan fingerprint density at radius 3 is 1.17 bits per heavy atom. The standard InChI is InChI=1S/2C7H8BrNO2S.C7H8BrNS.C6H5BrClN.CH4S.Na/c2*1-5-3-7(12(2,10)11)9-4-6(5)8;1-5-3-7(10-2)9-4-6(5)8;1-4-2-6(8)9-3-5(4)7;1-2;/h2*3-4H,1-2H3;3-4H,1-2H3;2-3H,1H3;2H,1H3;/q;;;;;+1/p-1. The predicted octanol–water partition coefficient (Wildman–Crippen LogP) is 5.96. The molecular formula is C28H32Br4ClN4NaO4S4. The van der Waals surface area contributed by atoms with E-state index in [2.05, 4.69) is 109 Å². The van der Waals surface area contributed by atoms with E-state index in [-0.39, 0.29) is 39.6 Å². The fourth-order valence-corrected chi connectivity index (χ4v) is 5.37. The Morgan fingerprint density at radius 2 is 0.913 bits per heavy atom. The predicted molar refractivity (Wildman–Crippen MR) is 203 cm³/mol. The molecule has 4 rings (SSSR count). The van der Waals surface area contributed by atoms with Gasteiger partial charge in [-0.2, -0.15) is 6.26 Å². The maximum absolute atomic E-state index is 11.0. The van der Waals surface area contributed by atoms with Gasteiger partial charge < -0.3 is 12.6 Å². The topological polar surface area (TPSA) is 120 Å². The number of halogens is 5. The Hall–Kier alpha value is 0.410. The number of rotatable bonds is 3. The van der Waals surface area contributed by atoms with Crippen molar-refractivity contribution in [2.75, 3.05) is 25.0 Å². The second-order valence-electron chi connectivity index (χ2n) is 8.82. The van der Waals surface area contributed by atoms with E-state index < -0.39 is 19.7 Å². The molecule has 8 nitrogen and oxygen atoms in total. The molecule has 0 saturated heterocycles. The molecule has 0 saturated carbocycles. The second-order valence-corrected chi connectivity index (χ2v) is 17.4. The van der Waals surface area contributed by atoms with Crippen molar-refractivity contribution in [3.63, 3.8) is 0 Å². The summed E-state index contributed by atoms with van der Waals surface area (Å²) in [5.41, 5.74) is 4.07. The third kappa shape index (κ3) is 19.0. The summed E-state index contributed by atoms with van der Waals surface area (Å²) in [5, 5.41) is 1.84. The quantitative estimate of drug-likeness (QED) is 0.105. The Morgan fingerprint density at radius 1 is 0.609 bits per heavy atom. The van der Waals surface area contributed by atoms with Gasteiger partial charge in [0.25, 0.3) is 0 Å². The minimum atomic E-state index is -3.17. The van der Waals surface area contributed by atoms with Gasteiger partial charge in [-0.25, -0.2) is 36.8 Å². The third-order valence-electron chi connectivity index (χ3n) is 5.05. The van der Waals surface area contributed by atoms with Crippen molar-refractivity contribution in [2.24, 2.45) is 0 Å². The molecule has 0 amide bonds. The molecule has 0 fully saturated rings. The maximum atomic E-state index is 11.0. The summed E-state index contributed by atoms with van der Waals surface area (Å²) in [5.74, 6) is 0. The van der Waals surface area contributed by atoms with E-state index in [4.69, 9.17) is 11.6 Å². The van der Waals surface area contributed by atoms with E-state index in [9.17, 15) is 16.8 Å². The van der Waals surface area contributed by atoms with Crippen molar-refractivity contribution in [2.45, 2.75) is 42.8 Å². The number of hydrogen-bond donors (Lipinski definition) is 0. The normalized spacial score (nSPS) is 10.2. The van der Waals surface area contributed by atoms with Crippen LogP contribution in [0.1, 0.15) is 22.3 Å². The Balaban J connectivity index is 0. The van der Waals surface area contributed by atoms with Gasteiger partial charge in [0, 0.05) is 55.2 Å². The molecule has 18 heteroatoms. The molecule has 0 aliphatic rings. The zero-order chi connectivity index (χ0) is 35.1. The van der Waals surface area contributed by atoms with Crippen LogP contribution in [0.25, 0.3) is 0 Å². The molecule has 0 atom stereocenters. The Labute approximate surface area is 343 Å². The minimum absolute atomic E-state index is 0. The fraction of sp³-hybridized carbons (Fsp3) is 0.286. The number of thioether (sulfide) groups is 1. The second kappa shape index (κ2) is 23.7. The van der Waals surface area contributed by atoms with Gasteiger partial charge in [-0.1, -0.05) is 11.6 Å². The van der Waals surface area contributed by atoms with Gasteiger partial charge in [0.05, 0.1) is 5.03 Å². The number of pyridine rings is 4. The Bertz CT molecular complexity index is 1710. The summed E-state index contributed by atoms with van der Waals surface area (Å²) in [6.07, 6.45) is 12.4. The molecule has 248 valence electrons. The van der Waals surface area contributed by atoms with Crippen LogP contribution < -0.4 is 29.6 Å². The van der Waals surface area contributed by atoms with Crippen molar-refractivity contribution in [1.82, 2.24) is 19.9 Å². The van der Waals surface area contributed by atoms with Crippen LogP contribution in [-0.2, 0) is 32.3 Å². The molecule has 4 heterocycles. The molecule has 4 aromatic heterocycles. The van der Waals surface area contributed by atoms with E-state index in [1.807, 2.05) is 39.3 Å². The van der Waals surface area contributed by atoms with Crippen LogP contribution in [0.3, 0.4) is 0 Å². The number of aryl methyl sites for hydroxylation is 4. The van der Waals surface area contributed by atoms with Gasteiger partial charge in [0.15, 0.2) is 29.7 Å². The molecule has 0 radical (unpaired) electrons. The third-order valence-corrected chi connectivity index (χ3v) is 11.2. The van der Waals surface area contributed by atoms with Crippen molar-refractivity contribution in [3.05, 3.63) is 94.4 Å². The van der Waals surface area contributed by atoms with Gasteiger partial charge >= 0.3 is 29.6 Å². The average Bonchev–Trinajstić information content (AvgIpc) is 2.96. The van der Waals surface area contributed by atoms with Crippen molar-refractivity contribution < 1.29 is 46.4 Å². The molecular weight excluding hydrogens is 963 g/mol. The molecule has 4 aromatic rings. The van der Waals surface area contributed by atoms with Crippen LogP contribution in [0.4, 0.5) is 0 Å².